The molecule has 0 bridgehead atoms. The van der Waals surface area contributed by atoms with Gasteiger partial charge in [0.1, 0.15) is 0 Å². The Morgan fingerprint density at radius 3 is 2.50 bits per heavy atom. The summed E-state index contributed by atoms with van der Waals surface area (Å²) in [6.45, 7) is 2.60. The van der Waals surface area contributed by atoms with E-state index in [1.54, 1.807) is 23.7 Å². The van der Waals surface area contributed by atoms with E-state index in [0.717, 1.165) is 49.8 Å². The van der Waals surface area contributed by atoms with Gasteiger partial charge in [0.2, 0.25) is 0 Å². The molecule has 4 rings (SSSR count). The van der Waals surface area contributed by atoms with Crippen molar-refractivity contribution >= 4 is 16.8 Å². The number of aromatic nitrogens is 1. The second-order valence-corrected chi connectivity index (χ2v) is 8.24. The molecule has 0 unspecified atom stereocenters. The molecule has 1 aliphatic heterocycles. The molecule has 1 aliphatic rings. The van der Waals surface area contributed by atoms with Crippen LogP contribution in [-0.2, 0) is 13.5 Å². The van der Waals surface area contributed by atoms with Gasteiger partial charge >= 0.3 is 0 Å². The van der Waals surface area contributed by atoms with Crippen molar-refractivity contribution in [3.05, 3.63) is 82.1 Å². The van der Waals surface area contributed by atoms with Crippen LogP contribution >= 0.6 is 0 Å². The first-order valence-electron chi connectivity index (χ1n) is 10.7. The third-order valence-electron chi connectivity index (χ3n) is 6.34. The normalized spacial score (nSPS) is 15.1. The highest BCUT2D eigenvalue weighted by Crippen LogP contribution is 2.20. The fourth-order valence-electron chi connectivity index (χ4n) is 4.34. The smallest absolute Gasteiger partial charge is 0.253 e. The van der Waals surface area contributed by atoms with Gasteiger partial charge in [-0.05, 0) is 61.5 Å². The Morgan fingerprint density at radius 1 is 1.03 bits per heavy atom. The quantitative estimate of drug-likeness (QED) is 0.657. The predicted octanol–water partition coefficient (Wildman–Crippen LogP) is 3.32. The topological polar surface area (TPSA) is 45.6 Å². The van der Waals surface area contributed by atoms with Crippen LogP contribution in [0, 0.1) is 0 Å². The van der Waals surface area contributed by atoms with E-state index >= 15 is 0 Å². The number of hydrogen-bond acceptors (Lipinski definition) is 3. The summed E-state index contributed by atoms with van der Waals surface area (Å²) in [4.78, 5) is 29.2. The van der Waals surface area contributed by atoms with E-state index in [-0.39, 0.29) is 11.5 Å². The third-order valence-corrected chi connectivity index (χ3v) is 6.34. The molecule has 0 atom stereocenters. The van der Waals surface area contributed by atoms with Crippen LogP contribution in [0.15, 0.2) is 65.5 Å². The largest absolute Gasteiger partial charge is 0.339 e. The summed E-state index contributed by atoms with van der Waals surface area (Å²) in [6.07, 6.45) is 3.05. The van der Waals surface area contributed by atoms with Gasteiger partial charge in [0.25, 0.3) is 11.5 Å². The maximum Gasteiger partial charge on any atom is 0.253 e. The highest BCUT2D eigenvalue weighted by atomic mass is 16.2. The molecule has 1 aromatic heterocycles. The molecule has 1 amide bonds. The van der Waals surface area contributed by atoms with Crippen molar-refractivity contribution in [3.8, 4) is 0 Å². The molecule has 0 spiro atoms. The van der Waals surface area contributed by atoms with E-state index in [1.165, 1.54) is 5.56 Å². The Kier molecular flexibility index (Phi) is 6.00. The lowest BCUT2D eigenvalue weighted by atomic mass is 10.0. The van der Waals surface area contributed by atoms with Crippen molar-refractivity contribution in [2.24, 2.45) is 7.05 Å². The fourth-order valence-corrected chi connectivity index (χ4v) is 4.34. The zero-order valence-corrected chi connectivity index (χ0v) is 17.8. The van der Waals surface area contributed by atoms with Crippen molar-refractivity contribution in [1.29, 1.82) is 0 Å². The minimum absolute atomic E-state index is 0.0416. The fraction of sp³-hybridized carbons (Fsp3) is 0.360. The van der Waals surface area contributed by atoms with E-state index in [0.29, 0.717) is 11.6 Å². The minimum Gasteiger partial charge on any atom is -0.339 e. The predicted molar refractivity (Wildman–Crippen MR) is 121 cm³/mol. The van der Waals surface area contributed by atoms with E-state index in [4.69, 9.17) is 0 Å². The molecule has 30 heavy (non-hydrogen) atoms. The number of carbonyl (C=O) groups is 1. The Labute approximate surface area is 177 Å². The SMILES string of the molecule is CN(CCc1ccccc1)C1CCN(C(=O)c2ccc3c(ccc(=O)n3C)c2)CC1. The highest BCUT2D eigenvalue weighted by molar-refractivity contribution is 5.98. The molecule has 5 nitrogen and oxygen atoms in total. The van der Waals surface area contributed by atoms with E-state index in [9.17, 15) is 9.59 Å². The van der Waals surface area contributed by atoms with Crippen LogP contribution in [0.25, 0.3) is 10.9 Å². The first kappa shape index (κ1) is 20.4. The van der Waals surface area contributed by atoms with Gasteiger partial charge in [0.15, 0.2) is 0 Å². The number of likely N-dealkylation sites (tertiary alicyclic amines) is 1. The number of aryl methyl sites for hydroxylation is 1. The number of amides is 1. The summed E-state index contributed by atoms with van der Waals surface area (Å²) < 4.78 is 1.61. The molecule has 2 heterocycles. The number of rotatable bonds is 5. The summed E-state index contributed by atoms with van der Waals surface area (Å²) in [6, 6.07) is 20.0. The van der Waals surface area contributed by atoms with Gasteiger partial charge in [0.05, 0.1) is 5.52 Å². The number of piperidine rings is 1. The number of pyridine rings is 1. The van der Waals surface area contributed by atoms with Gasteiger partial charge in [0, 0.05) is 44.4 Å². The number of nitrogens with zero attached hydrogens (tertiary/aromatic N) is 3. The van der Waals surface area contributed by atoms with Gasteiger partial charge in [-0.1, -0.05) is 30.3 Å². The van der Waals surface area contributed by atoms with Gasteiger partial charge in [-0.2, -0.15) is 0 Å². The van der Waals surface area contributed by atoms with Crippen LogP contribution in [0.4, 0.5) is 0 Å². The molecule has 3 aromatic rings. The van der Waals surface area contributed by atoms with E-state index in [2.05, 4.69) is 42.3 Å². The summed E-state index contributed by atoms with van der Waals surface area (Å²) in [5, 5.41) is 0.915. The number of hydrogen-bond donors (Lipinski definition) is 0. The van der Waals surface area contributed by atoms with Crippen molar-refractivity contribution in [2.45, 2.75) is 25.3 Å². The molecule has 2 aromatic carbocycles. The molecule has 0 aliphatic carbocycles. The minimum atomic E-state index is -0.0416. The van der Waals surface area contributed by atoms with Crippen LogP contribution in [0.3, 0.4) is 0 Å². The Bertz CT molecular complexity index is 1080. The van der Waals surface area contributed by atoms with Crippen molar-refractivity contribution in [2.75, 3.05) is 26.7 Å². The lowest BCUT2D eigenvalue weighted by molar-refractivity contribution is 0.0647. The van der Waals surface area contributed by atoms with Crippen molar-refractivity contribution in [3.63, 3.8) is 0 Å². The van der Waals surface area contributed by atoms with Crippen LogP contribution < -0.4 is 5.56 Å². The third kappa shape index (κ3) is 4.31. The molecule has 0 N–H and O–H groups in total. The van der Waals surface area contributed by atoms with E-state index < -0.39 is 0 Å². The van der Waals surface area contributed by atoms with Crippen molar-refractivity contribution < 1.29 is 4.79 Å². The molecule has 156 valence electrons. The maximum absolute atomic E-state index is 13.0. The van der Waals surface area contributed by atoms with Gasteiger partial charge in [-0.25, -0.2) is 0 Å². The van der Waals surface area contributed by atoms with Crippen LogP contribution in [0.2, 0.25) is 0 Å². The lowest BCUT2D eigenvalue weighted by Crippen LogP contribution is -2.46. The second-order valence-electron chi connectivity index (χ2n) is 8.24. The Hall–Kier alpha value is -2.92. The molecule has 1 saturated heterocycles. The summed E-state index contributed by atoms with van der Waals surface area (Å²) in [5.41, 5.74) is 2.86. The maximum atomic E-state index is 13.0. The average Bonchev–Trinajstić information content (AvgIpc) is 2.80. The first-order valence-corrected chi connectivity index (χ1v) is 10.7. The molecule has 0 saturated carbocycles. The van der Waals surface area contributed by atoms with Crippen molar-refractivity contribution in [1.82, 2.24) is 14.4 Å². The molecular formula is C25H29N3O2. The number of benzene rings is 2. The average molecular weight is 404 g/mol. The standard InChI is InChI=1S/C25H29N3O2/c1-26(15-12-19-6-4-3-5-7-19)22-13-16-28(17-14-22)25(30)21-8-10-23-20(18-21)9-11-24(29)27(23)2/h3-11,18,22H,12-17H2,1-2H3. The van der Waals surface area contributed by atoms with Gasteiger partial charge < -0.3 is 14.4 Å². The molecule has 0 radical (unpaired) electrons. The molecule has 1 fully saturated rings. The second kappa shape index (κ2) is 8.84. The van der Waals surface area contributed by atoms with Gasteiger partial charge in [-0.3, -0.25) is 9.59 Å². The Morgan fingerprint density at radius 2 is 1.77 bits per heavy atom. The Balaban J connectivity index is 1.35. The highest BCUT2D eigenvalue weighted by Gasteiger charge is 2.26. The lowest BCUT2D eigenvalue weighted by Gasteiger charge is -2.37. The van der Waals surface area contributed by atoms with Crippen LogP contribution in [0.1, 0.15) is 28.8 Å². The first-order chi connectivity index (χ1) is 14.5. The summed E-state index contributed by atoms with van der Waals surface area (Å²) in [7, 11) is 3.95. The summed E-state index contributed by atoms with van der Waals surface area (Å²) in [5.74, 6) is 0.0798. The van der Waals surface area contributed by atoms with Gasteiger partial charge in [-0.15, -0.1) is 0 Å². The number of fused-ring (bicyclic) bond motifs is 1. The zero-order chi connectivity index (χ0) is 21.1. The zero-order valence-electron chi connectivity index (χ0n) is 17.8. The van der Waals surface area contributed by atoms with Crippen LogP contribution in [-0.4, -0.2) is 53.0 Å². The van der Waals surface area contributed by atoms with E-state index in [1.807, 2.05) is 23.1 Å². The number of carbonyl (C=O) groups excluding carboxylic acids is 1. The molecule has 5 heteroatoms. The summed E-state index contributed by atoms with van der Waals surface area (Å²) >= 11 is 0. The monoisotopic (exact) mass is 403 g/mol. The van der Waals surface area contributed by atoms with Crippen LogP contribution in [0.5, 0.6) is 0 Å². The number of likely N-dealkylation sites (N-methyl/N-ethyl adjacent to an activating group) is 1. The molecular weight excluding hydrogens is 374 g/mol.